The van der Waals surface area contributed by atoms with Crippen molar-refractivity contribution < 1.29 is 14.6 Å². The maximum atomic E-state index is 11.0. The van der Waals surface area contributed by atoms with Gasteiger partial charge in [0.2, 0.25) is 0 Å². The Morgan fingerprint density at radius 2 is 2.11 bits per heavy atom. The molecule has 0 saturated heterocycles. The lowest BCUT2D eigenvalue weighted by molar-refractivity contribution is -0.145. The van der Waals surface area contributed by atoms with Gasteiger partial charge in [-0.25, -0.2) is 4.79 Å². The first-order valence-corrected chi connectivity index (χ1v) is 6.02. The first kappa shape index (κ1) is 14.0. The van der Waals surface area contributed by atoms with Gasteiger partial charge in [-0.2, -0.15) is 5.26 Å². The van der Waals surface area contributed by atoms with Crippen molar-refractivity contribution in [1.29, 1.82) is 5.26 Å². The molecule has 0 aliphatic rings. The molecule has 96 valence electrons. The molecule has 0 fully saturated rings. The topological polar surface area (TPSA) is 70.3 Å². The molecule has 0 spiro atoms. The highest BCUT2D eigenvalue weighted by Gasteiger charge is 2.18. The van der Waals surface area contributed by atoms with E-state index in [0.717, 1.165) is 18.4 Å². The number of carboxylic acids is 1. The number of nitrogens with zero attached hydrogens (tertiary/aromatic N) is 1. The third-order valence-corrected chi connectivity index (χ3v) is 2.58. The molecule has 0 aliphatic heterocycles. The molecule has 1 N–H and O–H groups in total. The molecule has 0 bridgehead atoms. The number of hydrogen-bond donors (Lipinski definition) is 1. The Morgan fingerprint density at radius 1 is 1.44 bits per heavy atom. The lowest BCUT2D eigenvalue weighted by Crippen LogP contribution is -2.26. The third kappa shape index (κ3) is 4.46. The average Bonchev–Trinajstić information content (AvgIpc) is 2.36. The molecule has 0 heterocycles. The van der Waals surface area contributed by atoms with Crippen molar-refractivity contribution in [3.05, 3.63) is 29.8 Å². The van der Waals surface area contributed by atoms with Crippen molar-refractivity contribution in [2.24, 2.45) is 0 Å². The summed E-state index contributed by atoms with van der Waals surface area (Å²) in [5.74, 6) is -0.412. The number of ether oxygens (including phenoxy) is 1. The van der Waals surface area contributed by atoms with E-state index in [-0.39, 0.29) is 0 Å². The Hall–Kier alpha value is -2.02. The minimum atomic E-state index is -0.940. The van der Waals surface area contributed by atoms with E-state index in [1.165, 1.54) is 0 Å². The minimum absolute atomic E-state index is 0.346. The Bertz CT molecular complexity index is 420. The van der Waals surface area contributed by atoms with Crippen LogP contribution in [0.15, 0.2) is 24.3 Å². The van der Waals surface area contributed by atoms with Crippen molar-refractivity contribution in [3.8, 4) is 11.8 Å². The number of rotatable bonds is 7. The lowest BCUT2D eigenvalue weighted by atomic mass is 10.1. The summed E-state index contributed by atoms with van der Waals surface area (Å²) in [6, 6.07) is 9.01. The van der Waals surface area contributed by atoms with Crippen LogP contribution in [0.5, 0.6) is 5.75 Å². The maximum absolute atomic E-state index is 11.0. The number of aliphatic carboxylic acids is 1. The van der Waals surface area contributed by atoms with E-state index in [4.69, 9.17) is 15.1 Å². The van der Waals surface area contributed by atoms with Gasteiger partial charge in [-0.05, 0) is 30.5 Å². The van der Waals surface area contributed by atoms with Crippen LogP contribution in [0.25, 0.3) is 0 Å². The molecule has 1 rings (SSSR count). The second-order valence-corrected chi connectivity index (χ2v) is 4.07. The van der Waals surface area contributed by atoms with Crippen molar-refractivity contribution in [2.45, 2.75) is 38.7 Å². The van der Waals surface area contributed by atoms with Gasteiger partial charge in [0.05, 0.1) is 12.5 Å². The Kier molecular flexibility index (Phi) is 5.72. The molecule has 1 aromatic carbocycles. The molecular formula is C14H17NO3. The molecule has 0 aliphatic carbocycles. The molecule has 4 nitrogen and oxygen atoms in total. The summed E-state index contributed by atoms with van der Waals surface area (Å²) in [5.41, 5.74) is 0.894. The zero-order valence-electron chi connectivity index (χ0n) is 10.4. The maximum Gasteiger partial charge on any atom is 0.344 e. The van der Waals surface area contributed by atoms with E-state index in [1.807, 2.05) is 6.92 Å². The fourth-order valence-corrected chi connectivity index (χ4v) is 1.56. The average molecular weight is 247 g/mol. The standard InChI is InChI=1S/C14H17NO3/c1-2-3-4-13(14(16)17)18-12-7-5-11(6-8-12)9-10-15/h5-8,13H,2-4,9H2,1H3,(H,16,17). The van der Waals surface area contributed by atoms with E-state index < -0.39 is 12.1 Å². The molecule has 0 amide bonds. The van der Waals surface area contributed by atoms with Gasteiger partial charge in [0.1, 0.15) is 5.75 Å². The van der Waals surface area contributed by atoms with E-state index in [1.54, 1.807) is 24.3 Å². The Balaban J connectivity index is 2.63. The lowest BCUT2D eigenvalue weighted by Gasteiger charge is -2.14. The van der Waals surface area contributed by atoms with Crippen LogP contribution in [-0.2, 0) is 11.2 Å². The van der Waals surface area contributed by atoms with Crippen LogP contribution in [0.4, 0.5) is 0 Å². The van der Waals surface area contributed by atoms with E-state index in [0.29, 0.717) is 18.6 Å². The first-order valence-electron chi connectivity index (χ1n) is 6.02. The zero-order valence-corrected chi connectivity index (χ0v) is 10.4. The predicted octanol–water partition coefficient (Wildman–Crippen LogP) is 2.77. The molecule has 0 aromatic heterocycles. The smallest absolute Gasteiger partial charge is 0.344 e. The van der Waals surface area contributed by atoms with Crippen LogP contribution < -0.4 is 4.74 Å². The molecular weight excluding hydrogens is 230 g/mol. The number of unbranched alkanes of at least 4 members (excludes halogenated alkanes) is 1. The highest BCUT2D eigenvalue weighted by atomic mass is 16.5. The van der Waals surface area contributed by atoms with Crippen molar-refractivity contribution >= 4 is 5.97 Å². The summed E-state index contributed by atoms with van der Waals surface area (Å²) in [6.07, 6.45) is 1.81. The summed E-state index contributed by atoms with van der Waals surface area (Å²) in [6.45, 7) is 2.01. The van der Waals surface area contributed by atoms with Crippen LogP contribution in [0.3, 0.4) is 0 Å². The normalized spacial score (nSPS) is 11.6. The first-order chi connectivity index (χ1) is 8.67. The van der Waals surface area contributed by atoms with Gasteiger partial charge in [-0.3, -0.25) is 0 Å². The predicted molar refractivity (Wildman–Crippen MR) is 67.3 cm³/mol. The molecule has 1 aromatic rings. The quantitative estimate of drug-likeness (QED) is 0.804. The summed E-state index contributed by atoms with van der Waals surface area (Å²) in [5, 5.41) is 17.6. The van der Waals surface area contributed by atoms with Gasteiger partial charge in [0.15, 0.2) is 6.10 Å². The largest absolute Gasteiger partial charge is 0.479 e. The van der Waals surface area contributed by atoms with Crippen molar-refractivity contribution in [1.82, 2.24) is 0 Å². The highest BCUT2D eigenvalue weighted by molar-refractivity contribution is 5.72. The van der Waals surface area contributed by atoms with Crippen LogP contribution in [0.1, 0.15) is 31.7 Å². The van der Waals surface area contributed by atoms with Gasteiger partial charge in [0.25, 0.3) is 0 Å². The van der Waals surface area contributed by atoms with E-state index in [2.05, 4.69) is 6.07 Å². The fourth-order valence-electron chi connectivity index (χ4n) is 1.56. The second kappa shape index (κ2) is 7.33. The summed E-state index contributed by atoms with van der Waals surface area (Å²) in [4.78, 5) is 11.0. The van der Waals surface area contributed by atoms with E-state index >= 15 is 0 Å². The summed E-state index contributed by atoms with van der Waals surface area (Å²) < 4.78 is 5.43. The molecule has 1 unspecified atom stereocenters. The zero-order chi connectivity index (χ0) is 13.4. The third-order valence-electron chi connectivity index (χ3n) is 2.58. The van der Waals surface area contributed by atoms with Gasteiger partial charge >= 0.3 is 5.97 Å². The molecule has 0 radical (unpaired) electrons. The van der Waals surface area contributed by atoms with Crippen LogP contribution in [-0.4, -0.2) is 17.2 Å². The number of carbonyl (C=O) groups is 1. The number of carboxylic acid groups (broad SMARTS) is 1. The molecule has 1 atom stereocenters. The monoisotopic (exact) mass is 247 g/mol. The van der Waals surface area contributed by atoms with Gasteiger partial charge in [-0.1, -0.05) is 25.5 Å². The number of benzene rings is 1. The van der Waals surface area contributed by atoms with Crippen molar-refractivity contribution in [3.63, 3.8) is 0 Å². The summed E-state index contributed by atoms with van der Waals surface area (Å²) >= 11 is 0. The minimum Gasteiger partial charge on any atom is -0.479 e. The van der Waals surface area contributed by atoms with Crippen LogP contribution in [0.2, 0.25) is 0 Å². The van der Waals surface area contributed by atoms with Gasteiger partial charge in [0, 0.05) is 0 Å². The summed E-state index contributed by atoms with van der Waals surface area (Å²) in [7, 11) is 0. The SMILES string of the molecule is CCCCC(Oc1ccc(CC#N)cc1)C(=O)O. The van der Waals surface area contributed by atoms with Crippen LogP contribution in [0, 0.1) is 11.3 Å². The van der Waals surface area contributed by atoms with Crippen LogP contribution >= 0.6 is 0 Å². The van der Waals surface area contributed by atoms with Gasteiger partial charge in [-0.15, -0.1) is 0 Å². The fraction of sp³-hybridized carbons (Fsp3) is 0.429. The van der Waals surface area contributed by atoms with E-state index in [9.17, 15) is 4.79 Å². The molecule has 0 saturated carbocycles. The molecule has 18 heavy (non-hydrogen) atoms. The Morgan fingerprint density at radius 3 is 2.61 bits per heavy atom. The highest BCUT2D eigenvalue weighted by Crippen LogP contribution is 2.16. The second-order valence-electron chi connectivity index (χ2n) is 4.07. The molecule has 4 heteroatoms. The number of nitriles is 1. The number of hydrogen-bond acceptors (Lipinski definition) is 3. The van der Waals surface area contributed by atoms with Gasteiger partial charge < -0.3 is 9.84 Å². The Labute approximate surface area is 107 Å². The van der Waals surface area contributed by atoms with Crippen molar-refractivity contribution in [2.75, 3.05) is 0 Å².